The zero-order valence-electron chi connectivity index (χ0n) is 14.4. The molecule has 3 rings (SSSR count). The van der Waals surface area contributed by atoms with Crippen LogP contribution in [0.4, 0.5) is 0 Å². The highest BCUT2D eigenvalue weighted by Crippen LogP contribution is 2.20. The summed E-state index contributed by atoms with van der Waals surface area (Å²) in [7, 11) is 0. The van der Waals surface area contributed by atoms with Gasteiger partial charge in [0.25, 0.3) is 5.91 Å². The van der Waals surface area contributed by atoms with Gasteiger partial charge in [0, 0.05) is 15.3 Å². The molecule has 0 fully saturated rings. The number of benzene rings is 2. The third kappa shape index (κ3) is 5.05. The molecule has 0 aliphatic carbocycles. The van der Waals surface area contributed by atoms with Crippen LogP contribution in [0.3, 0.4) is 0 Å². The number of nitrogens with one attached hydrogen (secondary N) is 1. The maximum Gasteiger partial charge on any atom is 0.251 e. The first-order valence-corrected chi connectivity index (χ1v) is 9.39. The molecule has 1 atom stereocenters. The molecule has 0 saturated heterocycles. The van der Waals surface area contributed by atoms with Gasteiger partial charge in [0.2, 0.25) is 0 Å². The predicted molar refractivity (Wildman–Crippen MR) is 110 cm³/mol. The molecule has 0 saturated carbocycles. The average Bonchev–Trinajstić information content (AvgIpc) is 2.67. The Kier molecular flexibility index (Phi) is 6.22. The fourth-order valence-electron chi connectivity index (χ4n) is 2.51. The highest BCUT2D eigenvalue weighted by atomic mass is 127. The Balaban J connectivity index is 1.64. The molecular weight excluding hydrogens is 439 g/mol. The molecule has 0 spiro atoms. The predicted octanol–water partition coefficient (Wildman–Crippen LogP) is 4.76. The number of carbonyl (C=O) groups excluding carboxylic acids is 1. The summed E-state index contributed by atoms with van der Waals surface area (Å²) in [6.45, 7) is 2.37. The Morgan fingerprint density at radius 1 is 1.12 bits per heavy atom. The van der Waals surface area contributed by atoms with Gasteiger partial charge in [-0.2, -0.15) is 0 Å². The number of ether oxygens (including phenoxy) is 1. The number of halogens is 1. The highest BCUT2D eigenvalue weighted by molar-refractivity contribution is 14.1. The van der Waals surface area contributed by atoms with E-state index in [9.17, 15) is 4.79 Å². The molecular formula is C21H19IN2O2. The van der Waals surface area contributed by atoms with Crippen LogP contribution in [-0.2, 0) is 6.61 Å². The summed E-state index contributed by atoms with van der Waals surface area (Å²) in [5, 5.41) is 3.03. The van der Waals surface area contributed by atoms with E-state index in [2.05, 4.69) is 32.9 Å². The normalized spacial score (nSPS) is 11.6. The maximum atomic E-state index is 12.4. The van der Waals surface area contributed by atoms with E-state index in [4.69, 9.17) is 4.74 Å². The van der Waals surface area contributed by atoms with Crippen molar-refractivity contribution in [3.05, 3.63) is 93.3 Å². The van der Waals surface area contributed by atoms with Crippen LogP contribution in [0.15, 0.2) is 72.9 Å². The molecule has 1 amide bonds. The van der Waals surface area contributed by atoms with E-state index in [0.29, 0.717) is 12.2 Å². The molecule has 26 heavy (non-hydrogen) atoms. The molecule has 1 N–H and O–H groups in total. The van der Waals surface area contributed by atoms with Crippen molar-refractivity contribution in [1.29, 1.82) is 0 Å². The van der Waals surface area contributed by atoms with Gasteiger partial charge in [0.15, 0.2) is 0 Å². The van der Waals surface area contributed by atoms with Gasteiger partial charge in [-0.15, -0.1) is 0 Å². The van der Waals surface area contributed by atoms with Gasteiger partial charge >= 0.3 is 0 Å². The Morgan fingerprint density at radius 3 is 2.73 bits per heavy atom. The second kappa shape index (κ2) is 8.80. The van der Waals surface area contributed by atoms with Crippen molar-refractivity contribution in [3.8, 4) is 5.75 Å². The standard InChI is InChI=1S/C21H19IN2O2/c1-15(24-21(25)17-7-4-8-18(22)12-17)16-6-5-10-20(13-16)26-14-19-9-2-3-11-23-19/h2-13,15H,14H2,1H3,(H,24,25). The molecule has 0 bridgehead atoms. The van der Waals surface area contributed by atoms with Gasteiger partial charge in [-0.05, 0) is 77.5 Å². The zero-order valence-corrected chi connectivity index (χ0v) is 16.5. The molecule has 3 aromatic rings. The fraction of sp³-hybridized carbons (Fsp3) is 0.143. The van der Waals surface area contributed by atoms with E-state index in [1.807, 2.05) is 73.7 Å². The number of aromatic nitrogens is 1. The molecule has 1 unspecified atom stereocenters. The minimum absolute atomic E-state index is 0.0872. The third-order valence-corrected chi connectivity index (χ3v) is 4.58. The number of nitrogens with zero attached hydrogens (tertiary/aromatic N) is 1. The van der Waals surface area contributed by atoms with Crippen molar-refractivity contribution in [3.63, 3.8) is 0 Å². The van der Waals surface area contributed by atoms with E-state index in [0.717, 1.165) is 20.6 Å². The summed E-state index contributed by atoms with van der Waals surface area (Å²) in [4.78, 5) is 16.7. The van der Waals surface area contributed by atoms with Gasteiger partial charge in [-0.1, -0.05) is 24.3 Å². The molecule has 132 valence electrons. The minimum Gasteiger partial charge on any atom is -0.487 e. The number of hydrogen-bond donors (Lipinski definition) is 1. The number of rotatable bonds is 6. The second-order valence-electron chi connectivity index (χ2n) is 5.89. The number of pyridine rings is 1. The average molecular weight is 458 g/mol. The van der Waals surface area contributed by atoms with Crippen LogP contribution < -0.4 is 10.1 Å². The van der Waals surface area contributed by atoms with Crippen LogP contribution in [-0.4, -0.2) is 10.9 Å². The van der Waals surface area contributed by atoms with Crippen LogP contribution >= 0.6 is 22.6 Å². The lowest BCUT2D eigenvalue weighted by Crippen LogP contribution is -2.26. The molecule has 1 heterocycles. The van der Waals surface area contributed by atoms with Crippen molar-refractivity contribution >= 4 is 28.5 Å². The largest absolute Gasteiger partial charge is 0.487 e. The lowest BCUT2D eigenvalue weighted by Gasteiger charge is -2.16. The Morgan fingerprint density at radius 2 is 1.96 bits per heavy atom. The Bertz CT molecular complexity index is 884. The van der Waals surface area contributed by atoms with Crippen LogP contribution in [0.2, 0.25) is 0 Å². The molecule has 1 aromatic heterocycles. The molecule has 0 radical (unpaired) electrons. The first-order chi connectivity index (χ1) is 12.6. The van der Waals surface area contributed by atoms with Gasteiger partial charge in [-0.25, -0.2) is 0 Å². The topological polar surface area (TPSA) is 51.2 Å². The lowest BCUT2D eigenvalue weighted by atomic mass is 10.1. The summed E-state index contributed by atoms with van der Waals surface area (Å²) < 4.78 is 6.85. The van der Waals surface area contributed by atoms with Crippen molar-refractivity contribution in [2.45, 2.75) is 19.6 Å². The number of hydrogen-bond acceptors (Lipinski definition) is 3. The first kappa shape index (κ1) is 18.4. The van der Waals surface area contributed by atoms with E-state index < -0.39 is 0 Å². The van der Waals surface area contributed by atoms with Crippen LogP contribution in [0.25, 0.3) is 0 Å². The minimum atomic E-state index is -0.126. The Labute approximate surface area is 166 Å². The summed E-state index contributed by atoms with van der Waals surface area (Å²) in [5.41, 5.74) is 2.52. The van der Waals surface area contributed by atoms with Crippen LogP contribution in [0.5, 0.6) is 5.75 Å². The summed E-state index contributed by atoms with van der Waals surface area (Å²) in [5.74, 6) is 0.666. The van der Waals surface area contributed by atoms with E-state index in [1.54, 1.807) is 6.20 Å². The van der Waals surface area contributed by atoms with Crippen molar-refractivity contribution in [2.24, 2.45) is 0 Å². The smallest absolute Gasteiger partial charge is 0.251 e. The SMILES string of the molecule is CC(NC(=O)c1cccc(I)c1)c1cccc(OCc2ccccn2)c1. The molecule has 4 nitrogen and oxygen atoms in total. The molecule has 5 heteroatoms. The molecule has 0 aliphatic rings. The van der Waals surface area contributed by atoms with Gasteiger partial charge in [-0.3, -0.25) is 9.78 Å². The van der Waals surface area contributed by atoms with Gasteiger partial charge in [0.1, 0.15) is 12.4 Å². The van der Waals surface area contributed by atoms with Gasteiger partial charge < -0.3 is 10.1 Å². The fourth-order valence-corrected chi connectivity index (χ4v) is 3.05. The Hall–Kier alpha value is -2.41. The zero-order chi connectivity index (χ0) is 18.4. The quantitative estimate of drug-likeness (QED) is 0.543. The lowest BCUT2D eigenvalue weighted by molar-refractivity contribution is 0.0939. The summed E-state index contributed by atoms with van der Waals surface area (Å²) >= 11 is 2.20. The first-order valence-electron chi connectivity index (χ1n) is 8.31. The van der Waals surface area contributed by atoms with E-state index in [-0.39, 0.29) is 11.9 Å². The van der Waals surface area contributed by atoms with Gasteiger partial charge in [0.05, 0.1) is 11.7 Å². The van der Waals surface area contributed by atoms with E-state index in [1.165, 1.54) is 0 Å². The van der Waals surface area contributed by atoms with Crippen molar-refractivity contribution in [1.82, 2.24) is 10.3 Å². The van der Waals surface area contributed by atoms with Crippen molar-refractivity contribution < 1.29 is 9.53 Å². The van der Waals surface area contributed by atoms with Crippen LogP contribution in [0, 0.1) is 3.57 Å². The summed E-state index contributed by atoms with van der Waals surface area (Å²) in [6, 6.07) is 20.9. The molecule has 2 aromatic carbocycles. The van der Waals surface area contributed by atoms with Crippen molar-refractivity contribution in [2.75, 3.05) is 0 Å². The van der Waals surface area contributed by atoms with Crippen LogP contribution in [0.1, 0.15) is 34.6 Å². The monoisotopic (exact) mass is 458 g/mol. The number of amides is 1. The highest BCUT2D eigenvalue weighted by Gasteiger charge is 2.12. The maximum absolute atomic E-state index is 12.4. The number of carbonyl (C=O) groups is 1. The third-order valence-electron chi connectivity index (χ3n) is 3.91. The molecule has 0 aliphatic heterocycles. The van der Waals surface area contributed by atoms with E-state index >= 15 is 0 Å². The summed E-state index contributed by atoms with van der Waals surface area (Å²) in [6.07, 6.45) is 1.75. The second-order valence-corrected chi connectivity index (χ2v) is 7.13.